The second kappa shape index (κ2) is 10.2. The molecule has 0 bridgehead atoms. The van der Waals surface area contributed by atoms with Crippen LogP contribution in [0.15, 0.2) is 48.5 Å². The van der Waals surface area contributed by atoms with Crippen molar-refractivity contribution >= 4 is 11.9 Å². The average Bonchev–Trinajstić information content (AvgIpc) is 2.57. The summed E-state index contributed by atoms with van der Waals surface area (Å²) in [6.07, 6.45) is 1.49. The third-order valence-electron chi connectivity index (χ3n) is 3.44. The molecular weight excluding hydrogens is 431 g/mol. The normalized spacial score (nSPS) is 10.5. The fourth-order valence-corrected chi connectivity index (χ4v) is 4.34. The van der Waals surface area contributed by atoms with E-state index < -0.39 is 0 Å². The second-order valence-corrected chi connectivity index (χ2v) is 8.56. The molecule has 0 radical (unpaired) electrons. The zero-order valence-corrected chi connectivity index (χ0v) is 16.6. The predicted octanol–water partition coefficient (Wildman–Crippen LogP) is 0.0262. The molecule has 0 aromatic heterocycles. The molecule has 0 aliphatic rings. The fraction of sp³-hybridized carbons (Fsp3) is 0.300. The molecule has 0 fully saturated rings. The molecule has 4 nitrogen and oxygen atoms in total. The van der Waals surface area contributed by atoms with Crippen LogP contribution in [0, 0.1) is 7.14 Å². The van der Waals surface area contributed by atoms with Crippen molar-refractivity contribution in [2.75, 3.05) is 13.2 Å². The van der Waals surface area contributed by atoms with Crippen LogP contribution in [0.3, 0.4) is 0 Å². The van der Waals surface area contributed by atoms with Gasteiger partial charge >= 0.3 is 159 Å². The number of benzene rings is 2. The van der Waals surface area contributed by atoms with Crippen molar-refractivity contribution in [3.05, 3.63) is 66.8 Å². The molecule has 0 heterocycles. The summed E-state index contributed by atoms with van der Waals surface area (Å²) in [5.74, 6) is -0.474. The molecule has 25 heavy (non-hydrogen) atoms. The average molecular weight is 453 g/mol. The molecule has 0 unspecified atom stereocenters. The predicted molar refractivity (Wildman–Crippen MR) is 91.0 cm³/mol. The topological polar surface area (TPSA) is 52.6 Å². The van der Waals surface area contributed by atoms with Gasteiger partial charge in [-0.25, -0.2) is 0 Å². The second-order valence-electron chi connectivity index (χ2n) is 5.53. The van der Waals surface area contributed by atoms with Crippen molar-refractivity contribution in [3.8, 4) is 0 Å². The van der Waals surface area contributed by atoms with Gasteiger partial charge in [0.1, 0.15) is 0 Å². The van der Waals surface area contributed by atoms with E-state index >= 15 is 0 Å². The van der Waals surface area contributed by atoms with Gasteiger partial charge in [-0.05, 0) is 0 Å². The maximum absolute atomic E-state index is 10.8. The molecule has 0 spiro atoms. The van der Waals surface area contributed by atoms with Crippen molar-refractivity contribution in [1.82, 2.24) is 0 Å². The Kier molecular flexibility index (Phi) is 7.91. The zero-order chi connectivity index (χ0) is 18.1. The Bertz CT molecular complexity index is 631. The number of hydrogen-bond acceptors (Lipinski definition) is 4. The minimum absolute atomic E-state index is 0.216. The van der Waals surface area contributed by atoms with Crippen LogP contribution >= 0.6 is 0 Å². The van der Waals surface area contributed by atoms with Crippen LogP contribution in [0.4, 0.5) is 0 Å². The summed E-state index contributed by atoms with van der Waals surface area (Å²) in [5.41, 5.74) is 2.35. The molecule has 0 N–H and O–H groups in total. The molecule has 0 saturated heterocycles. The van der Waals surface area contributed by atoms with Crippen LogP contribution in [0.1, 0.15) is 25.0 Å². The summed E-state index contributed by atoms with van der Waals surface area (Å²) < 4.78 is 12.6. The number of rotatable bonds is 8. The fourth-order valence-electron chi connectivity index (χ4n) is 2.18. The molecule has 0 atom stereocenters. The SMILES string of the molecule is CC(=O)OCCc1ccc([I-]c2ccc(CCOC(C)=O)cc2)cc1. The number of hydrogen-bond donors (Lipinski definition) is 0. The van der Waals surface area contributed by atoms with E-state index in [1.807, 2.05) is 0 Å². The monoisotopic (exact) mass is 453 g/mol. The van der Waals surface area contributed by atoms with Crippen LogP contribution in [0.5, 0.6) is 0 Å². The number of carbonyl (C=O) groups excluding carboxylic acids is 2. The van der Waals surface area contributed by atoms with E-state index in [9.17, 15) is 9.59 Å². The first-order chi connectivity index (χ1) is 12.0. The Morgan fingerprint density at radius 2 is 1.08 bits per heavy atom. The first kappa shape index (κ1) is 19.4. The summed E-state index contributed by atoms with van der Waals surface area (Å²) in [5, 5.41) is 0. The van der Waals surface area contributed by atoms with E-state index in [0.29, 0.717) is 13.2 Å². The first-order valence-electron chi connectivity index (χ1n) is 8.12. The van der Waals surface area contributed by atoms with Gasteiger partial charge in [0.2, 0.25) is 0 Å². The number of carbonyl (C=O) groups is 2. The summed E-state index contributed by atoms with van der Waals surface area (Å²) >= 11 is -0.216. The van der Waals surface area contributed by atoms with E-state index in [-0.39, 0.29) is 33.1 Å². The first-order valence-corrected chi connectivity index (χ1v) is 10.3. The van der Waals surface area contributed by atoms with Crippen LogP contribution in [0.25, 0.3) is 0 Å². The number of ether oxygens (including phenoxy) is 2. The van der Waals surface area contributed by atoms with E-state index in [1.165, 1.54) is 32.1 Å². The molecule has 0 amide bonds. The van der Waals surface area contributed by atoms with E-state index in [2.05, 4.69) is 48.5 Å². The molecule has 0 saturated carbocycles. The molecular formula is C20H22IO4-. The van der Waals surface area contributed by atoms with Crippen molar-refractivity contribution in [3.63, 3.8) is 0 Å². The zero-order valence-electron chi connectivity index (χ0n) is 14.5. The summed E-state index contributed by atoms with van der Waals surface area (Å²) in [6, 6.07) is 17.0. The molecule has 2 aromatic rings. The third-order valence-corrected chi connectivity index (χ3v) is 6.12. The van der Waals surface area contributed by atoms with Gasteiger partial charge in [-0.3, -0.25) is 0 Å². The van der Waals surface area contributed by atoms with Gasteiger partial charge in [0.05, 0.1) is 0 Å². The number of halogens is 1. The molecule has 2 aromatic carbocycles. The van der Waals surface area contributed by atoms with Gasteiger partial charge in [0.25, 0.3) is 0 Å². The van der Waals surface area contributed by atoms with Crippen LogP contribution in [0.2, 0.25) is 0 Å². The van der Waals surface area contributed by atoms with Gasteiger partial charge in [-0.15, -0.1) is 0 Å². The molecule has 2 rings (SSSR count). The third kappa shape index (κ3) is 7.69. The van der Waals surface area contributed by atoms with Gasteiger partial charge in [0, 0.05) is 0 Å². The Hall–Kier alpha value is -1.89. The summed E-state index contributed by atoms with van der Waals surface area (Å²) in [7, 11) is 0. The maximum atomic E-state index is 10.8. The Balaban J connectivity index is 1.83. The van der Waals surface area contributed by atoms with Crippen LogP contribution < -0.4 is 21.2 Å². The van der Waals surface area contributed by atoms with E-state index in [4.69, 9.17) is 9.47 Å². The van der Waals surface area contributed by atoms with Crippen LogP contribution in [-0.4, -0.2) is 25.2 Å². The summed E-state index contributed by atoms with van der Waals surface area (Å²) in [6.45, 7) is 3.71. The Labute approximate surface area is 158 Å². The quantitative estimate of drug-likeness (QED) is 0.418. The number of esters is 2. The standard InChI is InChI=1S/C20H22IO4/c1-15(22)24-13-11-17-3-7-19(8-4-17)21-20-9-5-18(6-10-20)12-14-25-16(2)23/h3-10H,11-14H2,1-2H3/q-1. The van der Waals surface area contributed by atoms with E-state index in [0.717, 1.165) is 12.8 Å². The molecule has 5 heteroatoms. The summed E-state index contributed by atoms with van der Waals surface area (Å²) in [4.78, 5) is 21.5. The Morgan fingerprint density at radius 3 is 1.40 bits per heavy atom. The van der Waals surface area contributed by atoms with E-state index in [1.54, 1.807) is 0 Å². The van der Waals surface area contributed by atoms with Gasteiger partial charge in [-0.1, -0.05) is 0 Å². The molecule has 134 valence electrons. The van der Waals surface area contributed by atoms with Crippen molar-refractivity contribution < 1.29 is 40.3 Å². The minimum atomic E-state index is -0.237. The molecule has 0 aliphatic heterocycles. The van der Waals surface area contributed by atoms with Gasteiger partial charge in [0.15, 0.2) is 0 Å². The Morgan fingerprint density at radius 1 is 0.720 bits per heavy atom. The molecule has 0 aliphatic carbocycles. The van der Waals surface area contributed by atoms with Gasteiger partial charge in [-0.2, -0.15) is 0 Å². The van der Waals surface area contributed by atoms with Gasteiger partial charge < -0.3 is 0 Å². The van der Waals surface area contributed by atoms with Crippen molar-refractivity contribution in [1.29, 1.82) is 0 Å². The van der Waals surface area contributed by atoms with Crippen molar-refractivity contribution in [2.45, 2.75) is 26.7 Å². The van der Waals surface area contributed by atoms with Crippen LogP contribution in [-0.2, 0) is 31.9 Å². The van der Waals surface area contributed by atoms with Crippen molar-refractivity contribution in [2.24, 2.45) is 0 Å².